The van der Waals surface area contributed by atoms with E-state index in [2.05, 4.69) is 33.2 Å². The molecule has 0 unspecified atom stereocenters. The number of nitrogens with zero attached hydrogens (tertiary/aromatic N) is 3. The number of rotatable bonds is 9. The number of nitrogens with one attached hydrogen (secondary N) is 1. The van der Waals surface area contributed by atoms with Gasteiger partial charge in [-0.05, 0) is 42.0 Å². The molecule has 0 saturated heterocycles. The monoisotopic (exact) mass is 524 g/mol. The summed E-state index contributed by atoms with van der Waals surface area (Å²) in [5.74, 6) is 4.30. The summed E-state index contributed by atoms with van der Waals surface area (Å²) in [6, 6.07) is 6.64. The molecule has 36 heavy (non-hydrogen) atoms. The number of halogens is 5. The molecule has 0 spiro atoms. The number of methoxy groups -OCH3 is 1. The third-order valence-corrected chi connectivity index (χ3v) is 4.67. The average Bonchev–Trinajstić information content (AvgIpc) is 2.83. The third kappa shape index (κ3) is 7.68. The Morgan fingerprint density at radius 1 is 1.28 bits per heavy atom. The standard InChI is InChI=1S/C23H21ClF4N6O2/c1-13(23(26,27)28)7-9-34(30)21(29)17(15-6-8-31-20(10-15)22(35)36-3)12-32-14(2)33-16-4-5-19(25)18(24)11-16/h4-12,33H,1-2,29-30H2,3H3/b9-7-,21-17-,32-12-. The SMILES string of the molecule is C=C(/N=C\C(=C(/N)N(N)/C=C\C(=C)C(F)(F)F)c1ccnc(C(=O)OC)c1)Nc1ccc(F)c(Cl)c1. The number of alkyl halides is 3. The quantitative estimate of drug-likeness (QED) is 0.108. The van der Waals surface area contributed by atoms with Gasteiger partial charge < -0.3 is 15.8 Å². The van der Waals surface area contributed by atoms with E-state index in [0.29, 0.717) is 16.8 Å². The maximum atomic E-state index is 13.4. The summed E-state index contributed by atoms with van der Waals surface area (Å²) in [6.45, 7) is 6.65. The topological polar surface area (TPSA) is 119 Å². The first kappa shape index (κ1) is 28.1. The van der Waals surface area contributed by atoms with E-state index in [9.17, 15) is 22.4 Å². The minimum absolute atomic E-state index is 0.0646. The maximum Gasteiger partial charge on any atom is 0.415 e. The van der Waals surface area contributed by atoms with Gasteiger partial charge in [0.2, 0.25) is 0 Å². The summed E-state index contributed by atoms with van der Waals surface area (Å²) in [5.41, 5.74) is 5.63. The number of hydrazine groups is 1. The number of esters is 1. The lowest BCUT2D eigenvalue weighted by Gasteiger charge is -2.18. The molecule has 190 valence electrons. The highest BCUT2D eigenvalue weighted by Crippen LogP contribution is 2.25. The number of allylic oxidation sites excluding steroid dienone is 3. The van der Waals surface area contributed by atoms with Crippen molar-refractivity contribution in [2.45, 2.75) is 6.18 Å². The molecule has 1 heterocycles. The van der Waals surface area contributed by atoms with E-state index in [1.165, 1.54) is 43.8 Å². The van der Waals surface area contributed by atoms with Gasteiger partial charge >= 0.3 is 12.1 Å². The Morgan fingerprint density at radius 3 is 2.58 bits per heavy atom. The van der Waals surface area contributed by atoms with Gasteiger partial charge in [0, 0.05) is 35.4 Å². The van der Waals surface area contributed by atoms with Crippen LogP contribution in [-0.4, -0.2) is 35.5 Å². The van der Waals surface area contributed by atoms with Crippen molar-refractivity contribution in [3.63, 3.8) is 0 Å². The molecule has 0 atom stereocenters. The number of carbonyl (C=O) groups excluding carboxylic acids is 1. The summed E-state index contributed by atoms with van der Waals surface area (Å²) in [6.07, 6.45) is -0.675. The predicted octanol–water partition coefficient (Wildman–Crippen LogP) is 4.75. The van der Waals surface area contributed by atoms with Crippen LogP contribution in [0.3, 0.4) is 0 Å². The van der Waals surface area contributed by atoms with E-state index >= 15 is 0 Å². The molecule has 0 aliphatic rings. The fraction of sp³-hybridized carbons (Fsp3) is 0.0870. The van der Waals surface area contributed by atoms with E-state index < -0.39 is 23.5 Å². The molecule has 1 aromatic carbocycles. The highest BCUT2D eigenvalue weighted by atomic mass is 35.5. The van der Waals surface area contributed by atoms with Crippen molar-refractivity contribution in [3.05, 3.63) is 101 Å². The van der Waals surface area contributed by atoms with Crippen molar-refractivity contribution < 1.29 is 27.1 Å². The van der Waals surface area contributed by atoms with E-state index in [4.69, 9.17) is 23.2 Å². The van der Waals surface area contributed by atoms with Gasteiger partial charge in [-0.2, -0.15) is 13.2 Å². The molecule has 0 bridgehead atoms. The predicted molar refractivity (Wildman–Crippen MR) is 130 cm³/mol. The Hall–Kier alpha value is -4.16. The second-order valence-electron chi connectivity index (χ2n) is 6.93. The molecule has 2 rings (SSSR count). The summed E-state index contributed by atoms with van der Waals surface area (Å²) in [5, 5.41) is 3.38. The van der Waals surface area contributed by atoms with Crippen LogP contribution in [0.25, 0.3) is 5.57 Å². The molecule has 0 aliphatic heterocycles. The van der Waals surface area contributed by atoms with Gasteiger partial charge in [-0.15, -0.1) is 0 Å². The fourth-order valence-electron chi connectivity index (χ4n) is 2.50. The third-order valence-electron chi connectivity index (χ3n) is 4.38. The maximum absolute atomic E-state index is 13.4. The second kappa shape index (κ2) is 12.0. The number of carbonyl (C=O) groups is 1. The Bertz CT molecular complexity index is 1260. The first-order chi connectivity index (χ1) is 16.8. The van der Waals surface area contributed by atoms with Crippen LogP contribution in [0.5, 0.6) is 0 Å². The van der Waals surface area contributed by atoms with Crippen molar-refractivity contribution in [1.29, 1.82) is 0 Å². The molecule has 13 heteroatoms. The molecule has 5 N–H and O–H groups in total. The van der Waals surface area contributed by atoms with Crippen molar-refractivity contribution in [2.75, 3.05) is 12.4 Å². The number of aliphatic imine (C=N–C) groups is 1. The van der Waals surface area contributed by atoms with E-state index in [-0.39, 0.29) is 33.5 Å². The van der Waals surface area contributed by atoms with Crippen LogP contribution in [0.2, 0.25) is 5.02 Å². The molecular weight excluding hydrogens is 504 g/mol. The summed E-state index contributed by atoms with van der Waals surface area (Å²) < 4.78 is 56.3. The Balaban J connectivity index is 2.45. The molecule has 0 radical (unpaired) electrons. The lowest BCUT2D eigenvalue weighted by Crippen LogP contribution is -2.31. The smallest absolute Gasteiger partial charge is 0.415 e. The van der Waals surface area contributed by atoms with Crippen molar-refractivity contribution in [2.24, 2.45) is 16.6 Å². The molecule has 0 saturated carbocycles. The molecule has 8 nitrogen and oxygen atoms in total. The van der Waals surface area contributed by atoms with Gasteiger partial charge in [-0.3, -0.25) is 5.01 Å². The zero-order chi connectivity index (χ0) is 27.0. The molecule has 0 fully saturated rings. The highest BCUT2D eigenvalue weighted by molar-refractivity contribution is 6.31. The fourth-order valence-corrected chi connectivity index (χ4v) is 2.68. The average molecular weight is 525 g/mol. The molecular formula is C23H21ClF4N6O2. The van der Waals surface area contributed by atoms with Gasteiger partial charge in [0.1, 0.15) is 23.2 Å². The zero-order valence-electron chi connectivity index (χ0n) is 18.8. The van der Waals surface area contributed by atoms with E-state index in [1.54, 1.807) is 0 Å². The number of hydrogen-bond donors (Lipinski definition) is 3. The Labute approximate surface area is 208 Å². The second-order valence-corrected chi connectivity index (χ2v) is 7.33. The van der Waals surface area contributed by atoms with Gasteiger partial charge in [-0.1, -0.05) is 24.8 Å². The molecule has 0 aliphatic carbocycles. The highest BCUT2D eigenvalue weighted by Gasteiger charge is 2.30. The molecule has 0 amide bonds. The normalized spacial score (nSPS) is 12.4. The van der Waals surface area contributed by atoms with Crippen LogP contribution in [0.1, 0.15) is 16.1 Å². The number of nitrogens with two attached hydrogens (primary N) is 2. The number of ether oxygens (including phenoxy) is 1. The van der Waals surface area contributed by atoms with Crippen LogP contribution in [0.15, 0.2) is 84.2 Å². The van der Waals surface area contributed by atoms with Gasteiger partial charge in [0.15, 0.2) is 0 Å². The van der Waals surface area contributed by atoms with E-state index in [0.717, 1.165) is 12.3 Å². The molecule has 1 aromatic heterocycles. The Kier molecular flexibility index (Phi) is 9.36. The van der Waals surface area contributed by atoms with Crippen LogP contribution >= 0.6 is 11.6 Å². The number of benzene rings is 1. The number of anilines is 1. The summed E-state index contributed by atoms with van der Waals surface area (Å²) in [4.78, 5) is 19.9. The van der Waals surface area contributed by atoms with Crippen molar-refractivity contribution in [1.82, 2.24) is 9.99 Å². The van der Waals surface area contributed by atoms with Gasteiger partial charge in [0.05, 0.1) is 12.1 Å². The Morgan fingerprint density at radius 2 is 1.97 bits per heavy atom. The summed E-state index contributed by atoms with van der Waals surface area (Å²) in [7, 11) is 1.17. The minimum atomic E-state index is -4.66. The van der Waals surface area contributed by atoms with Crippen molar-refractivity contribution in [3.8, 4) is 0 Å². The van der Waals surface area contributed by atoms with Gasteiger partial charge in [0.25, 0.3) is 0 Å². The largest absolute Gasteiger partial charge is 0.464 e. The van der Waals surface area contributed by atoms with Crippen LogP contribution in [0, 0.1) is 5.82 Å². The first-order valence-electron chi connectivity index (χ1n) is 9.81. The zero-order valence-corrected chi connectivity index (χ0v) is 19.6. The number of pyridine rings is 1. The molecule has 2 aromatic rings. The number of aromatic nitrogens is 1. The van der Waals surface area contributed by atoms with E-state index in [1.807, 2.05) is 0 Å². The van der Waals surface area contributed by atoms with Crippen molar-refractivity contribution >= 4 is 35.0 Å². The van der Waals surface area contributed by atoms with Crippen LogP contribution < -0.4 is 16.9 Å². The van der Waals surface area contributed by atoms with Crippen LogP contribution in [0.4, 0.5) is 23.2 Å². The van der Waals surface area contributed by atoms with Crippen LogP contribution in [-0.2, 0) is 4.74 Å². The lowest BCUT2D eigenvalue weighted by molar-refractivity contribution is -0.0878. The van der Waals surface area contributed by atoms with Gasteiger partial charge in [-0.25, -0.2) is 25.0 Å². The first-order valence-corrected chi connectivity index (χ1v) is 10.2. The lowest BCUT2D eigenvalue weighted by atomic mass is 10.1. The summed E-state index contributed by atoms with van der Waals surface area (Å²) >= 11 is 5.76. The number of hydrogen-bond acceptors (Lipinski definition) is 8. The minimum Gasteiger partial charge on any atom is -0.464 e.